The topological polar surface area (TPSA) is 64.0 Å². The summed E-state index contributed by atoms with van der Waals surface area (Å²) in [5, 5.41) is 3.74. The number of aryl methyl sites for hydroxylation is 2. The monoisotopic (exact) mass is 317 g/mol. The second-order valence-electron chi connectivity index (χ2n) is 6.28. The van der Waals surface area contributed by atoms with E-state index in [2.05, 4.69) is 10.3 Å². The molecule has 5 nitrogen and oxygen atoms in total. The Hall–Kier alpha value is -1.69. The Balaban J connectivity index is 1.76. The Morgan fingerprint density at radius 1 is 1.32 bits per heavy atom. The molecule has 0 unspecified atom stereocenters. The average molecular weight is 317 g/mol. The summed E-state index contributed by atoms with van der Waals surface area (Å²) < 4.78 is 1.76. The zero-order chi connectivity index (χ0) is 15.3. The Bertz CT molecular complexity index is 815. The third-order valence-electron chi connectivity index (χ3n) is 4.81. The molecule has 1 aliphatic heterocycles. The molecule has 0 bridgehead atoms. The van der Waals surface area contributed by atoms with E-state index in [1.165, 1.54) is 24.2 Å². The molecule has 2 aliphatic rings. The maximum atomic E-state index is 12.6. The zero-order valence-corrected chi connectivity index (χ0v) is 13.5. The van der Waals surface area contributed by atoms with E-state index in [9.17, 15) is 9.59 Å². The molecule has 1 fully saturated rings. The quantitative estimate of drug-likeness (QED) is 0.925. The number of hydrogen-bond acceptors (Lipinski definition) is 4. The molecule has 22 heavy (non-hydrogen) atoms. The Morgan fingerprint density at radius 3 is 2.86 bits per heavy atom. The van der Waals surface area contributed by atoms with Gasteiger partial charge in [-0.1, -0.05) is 12.8 Å². The van der Waals surface area contributed by atoms with E-state index in [-0.39, 0.29) is 17.5 Å². The van der Waals surface area contributed by atoms with Gasteiger partial charge in [-0.2, -0.15) is 0 Å². The minimum Gasteiger partial charge on any atom is -0.349 e. The van der Waals surface area contributed by atoms with Gasteiger partial charge >= 0.3 is 0 Å². The Morgan fingerprint density at radius 2 is 2.09 bits per heavy atom. The Kier molecular flexibility index (Phi) is 3.29. The lowest BCUT2D eigenvalue weighted by Crippen LogP contribution is -2.32. The molecule has 3 heterocycles. The van der Waals surface area contributed by atoms with E-state index in [1.54, 1.807) is 4.57 Å². The van der Waals surface area contributed by atoms with Crippen molar-refractivity contribution in [1.29, 1.82) is 0 Å². The van der Waals surface area contributed by atoms with Crippen molar-refractivity contribution in [2.24, 2.45) is 0 Å². The van der Waals surface area contributed by atoms with E-state index in [1.807, 2.05) is 6.92 Å². The molecule has 1 N–H and O–H groups in total. The van der Waals surface area contributed by atoms with Crippen molar-refractivity contribution < 1.29 is 4.79 Å². The van der Waals surface area contributed by atoms with E-state index >= 15 is 0 Å². The molecule has 0 saturated heterocycles. The summed E-state index contributed by atoms with van der Waals surface area (Å²) in [5.74, 6) is 0.818. The van der Waals surface area contributed by atoms with Gasteiger partial charge in [0.2, 0.25) is 0 Å². The van der Waals surface area contributed by atoms with Crippen molar-refractivity contribution in [3.63, 3.8) is 0 Å². The minimum atomic E-state index is -0.0445. The number of thiophene rings is 1. The van der Waals surface area contributed by atoms with Crippen molar-refractivity contribution in [3.8, 4) is 0 Å². The highest BCUT2D eigenvalue weighted by Crippen LogP contribution is 2.29. The normalized spacial score (nSPS) is 18.0. The van der Waals surface area contributed by atoms with Crippen LogP contribution in [0.5, 0.6) is 0 Å². The summed E-state index contributed by atoms with van der Waals surface area (Å²) in [6, 6.07) is 0.288. The molecule has 2 aromatic rings. The van der Waals surface area contributed by atoms with Crippen LogP contribution in [-0.2, 0) is 13.0 Å². The van der Waals surface area contributed by atoms with Gasteiger partial charge < -0.3 is 5.32 Å². The van der Waals surface area contributed by atoms with Gasteiger partial charge in [0.25, 0.3) is 11.5 Å². The van der Waals surface area contributed by atoms with Crippen LogP contribution >= 0.6 is 11.3 Å². The summed E-state index contributed by atoms with van der Waals surface area (Å²) in [6.07, 6.45) is 6.33. The fraction of sp³-hybridized carbons (Fsp3) is 0.562. The average Bonchev–Trinajstić information content (AvgIpc) is 3.19. The molecule has 0 aromatic carbocycles. The first-order valence-corrected chi connectivity index (χ1v) is 8.80. The van der Waals surface area contributed by atoms with Crippen LogP contribution in [0, 0.1) is 6.92 Å². The van der Waals surface area contributed by atoms with Crippen LogP contribution in [0.2, 0.25) is 0 Å². The molecular weight excluding hydrogens is 298 g/mol. The first-order valence-electron chi connectivity index (χ1n) is 7.99. The van der Waals surface area contributed by atoms with Crippen LogP contribution in [0.25, 0.3) is 10.2 Å². The highest BCUT2D eigenvalue weighted by molar-refractivity contribution is 7.20. The second kappa shape index (κ2) is 5.19. The molecule has 0 spiro atoms. The van der Waals surface area contributed by atoms with Crippen LogP contribution in [0.1, 0.15) is 53.2 Å². The summed E-state index contributed by atoms with van der Waals surface area (Å²) in [6.45, 7) is 2.61. The van der Waals surface area contributed by atoms with Crippen molar-refractivity contribution in [1.82, 2.24) is 14.9 Å². The number of nitrogens with zero attached hydrogens (tertiary/aromatic N) is 2. The fourth-order valence-electron chi connectivity index (χ4n) is 3.61. The molecule has 1 saturated carbocycles. The molecule has 116 valence electrons. The van der Waals surface area contributed by atoms with Crippen LogP contribution in [0.15, 0.2) is 4.79 Å². The number of nitrogens with one attached hydrogen (secondary N) is 1. The van der Waals surface area contributed by atoms with Gasteiger partial charge in [-0.3, -0.25) is 14.2 Å². The van der Waals surface area contributed by atoms with E-state index in [0.29, 0.717) is 15.1 Å². The third-order valence-corrected chi connectivity index (χ3v) is 5.99. The van der Waals surface area contributed by atoms with Crippen LogP contribution < -0.4 is 10.9 Å². The zero-order valence-electron chi connectivity index (χ0n) is 12.6. The standard InChI is InChI=1S/C16H19N3O2S/c1-9-12-15(18-11-7-4-8-19(11)16(12)21)22-13(9)14(20)17-10-5-2-3-6-10/h10H,2-8H2,1H3,(H,17,20). The van der Waals surface area contributed by atoms with Gasteiger partial charge in [-0.05, 0) is 31.7 Å². The number of aromatic nitrogens is 2. The lowest BCUT2D eigenvalue weighted by molar-refractivity contribution is 0.0941. The molecular formula is C16H19N3O2S. The minimum absolute atomic E-state index is 0.0196. The highest BCUT2D eigenvalue weighted by atomic mass is 32.1. The number of amides is 1. The first-order chi connectivity index (χ1) is 10.6. The van der Waals surface area contributed by atoms with Gasteiger partial charge in [0.1, 0.15) is 10.7 Å². The lowest BCUT2D eigenvalue weighted by Gasteiger charge is -2.11. The highest BCUT2D eigenvalue weighted by Gasteiger charge is 2.25. The molecule has 4 rings (SSSR count). The summed E-state index contributed by atoms with van der Waals surface area (Å²) in [4.78, 5) is 31.1. The Labute approximate surface area is 132 Å². The van der Waals surface area contributed by atoms with Gasteiger partial charge in [0, 0.05) is 19.0 Å². The number of carbonyl (C=O) groups excluding carboxylic acids is 1. The van der Waals surface area contributed by atoms with Crippen LogP contribution in [-0.4, -0.2) is 21.5 Å². The summed E-state index contributed by atoms with van der Waals surface area (Å²) in [7, 11) is 0. The van der Waals surface area contributed by atoms with Crippen molar-refractivity contribution in [3.05, 3.63) is 26.6 Å². The van der Waals surface area contributed by atoms with Gasteiger partial charge in [-0.25, -0.2) is 4.98 Å². The van der Waals surface area contributed by atoms with Gasteiger partial charge in [0.05, 0.1) is 10.3 Å². The number of carbonyl (C=O) groups is 1. The predicted molar refractivity (Wildman–Crippen MR) is 86.7 cm³/mol. The molecule has 0 radical (unpaired) electrons. The van der Waals surface area contributed by atoms with Crippen molar-refractivity contribution >= 4 is 27.5 Å². The molecule has 1 amide bonds. The van der Waals surface area contributed by atoms with E-state index in [0.717, 1.165) is 43.6 Å². The van der Waals surface area contributed by atoms with E-state index < -0.39 is 0 Å². The third kappa shape index (κ3) is 2.08. The summed E-state index contributed by atoms with van der Waals surface area (Å²) >= 11 is 1.36. The van der Waals surface area contributed by atoms with E-state index in [4.69, 9.17) is 0 Å². The van der Waals surface area contributed by atoms with Crippen molar-refractivity contribution in [2.75, 3.05) is 0 Å². The van der Waals surface area contributed by atoms with Crippen molar-refractivity contribution in [2.45, 2.75) is 58.0 Å². The van der Waals surface area contributed by atoms with Gasteiger partial charge in [-0.15, -0.1) is 11.3 Å². The number of fused-ring (bicyclic) bond motifs is 2. The molecule has 2 aromatic heterocycles. The van der Waals surface area contributed by atoms with Crippen LogP contribution in [0.4, 0.5) is 0 Å². The number of hydrogen-bond donors (Lipinski definition) is 1. The lowest BCUT2D eigenvalue weighted by atomic mass is 10.2. The molecule has 1 aliphatic carbocycles. The maximum absolute atomic E-state index is 12.6. The molecule has 6 heteroatoms. The largest absolute Gasteiger partial charge is 0.349 e. The fourth-order valence-corrected chi connectivity index (χ4v) is 4.71. The SMILES string of the molecule is Cc1c(C(=O)NC2CCCC2)sc2nc3n(c(=O)c12)CCC3. The smallest absolute Gasteiger partial charge is 0.262 e. The van der Waals surface area contributed by atoms with Crippen LogP contribution in [0.3, 0.4) is 0 Å². The molecule has 0 atom stereocenters. The van der Waals surface area contributed by atoms with Gasteiger partial charge in [0.15, 0.2) is 0 Å². The predicted octanol–water partition coefficient (Wildman–Crippen LogP) is 2.39. The maximum Gasteiger partial charge on any atom is 0.262 e. The first kappa shape index (κ1) is 13.9. The number of rotatable bonds is 2. The summed E-state index contributed by atoms with van der Waals surface area (Å²) in [5.41, 5.74) is 0.807. The second-order valence-corrected chi connectivity index (χ2v) is 7.28.